The Kier molecular flexibility index (Phi) is 12.0. The van der Waals surface area contributed by atoms with Crippen LogP contribution in [0.1, 0.15) is 78.8 Å². The van der Waals surface area contributed by atoms with E-state index in [0.29, 0.717) is 38.8 Å². The third-order valence-electron chi connectivity index (χ3n) is 8.07. The Labute approximate surface area is 269 Å². The number of hydrogen-bond donors (Lipinski definition) is 1. The number of amides is 2. The molecule has 2 saturated heterocycles. The van der Waals surface area contributed by atoms with Crippen LogP contribution in [0.25, 0.3) is 0 Å². The van der Waals surface area contributed by atoms with Gasteiger partial charge in [-0.05, 0) is 68.7 Å². The summed E-state index contributed by atoms with van der Waals surface area (Å²) in [6, 6.07) is 7.11. The van der Waals surface area contributed by atoms with Crippen LogP contribution in [0.5, 0.6) is 0 Å². The summed E-state index contributed by atoms with van der Waals surface area (Å²) in [5, 5.41) is 4.12. The van der Waals surface area contributed by atoms with Crippen LogP contribution in [0.4, 0.5) is 11.5 Å². The van der Waals surface area contributed by atoms with E-state index in [0.717, 1.165) is 63.2 Å². The van der Waals surface area contributed by atoms with Gasteiger partial charge >= 0.3 is 0 Å². The van der Waals surface area contributed by atoms with Crippen LogP contribution < -0.4 is 5.32 Å². The predicted molar refractivity (Wildman–Crippen MR) is 174 cm³/mol. The molecule has 0 spiro atoms. The van der Waals surface area contributed by atoms with Crippen molar-refractivity contribution in [2.75, 3.05) is 31.5 Å². The zero-order valence-electron chi connectivity index (χ0n) is 25.0. The lowest BCUT2D eigenvalue weighted by molar-refractivity contribution is 0.0664. The van der Waals surface area contributed by atoms with E-state index in [9.17, 15) is 9.59 Å². The first kappa shape index (κ1) is 33.0. The van der Waals surface area contributed by atoms with Gasteiger partial charge in [0.15, 0.2) is 0 Å². The highest BCUT2D eigenvalue weighted by molar-refractivity contribution is 6.41. The summed E-state index contributed by atoms with van der Waals surface area (Å²) in [5.74, 6) is 1.74. The second-order valence-corrected chi connectivity index (χ2v) is 12.4. The van der Waals surface area contributed by atoms with Crippen LogP contribution in [0.15, 0.2) is 42.9 Å². The number of likely N-dealkylation sites (tertiary alicyclic amines) is 2. The minimum Gasteiger partial charge on any atom is -0.338 e. The molecule has 2 aliphatic heterocycles. The first-order valence-electron chi connectivity index (χ1n) is 14.9. The summed E-state index contributed by atoms with van der Waals surface area (Å²) in [7, 11) is 0. The quantitative estimate of drug-likeness (QED) is 0.273. The number of nitrogens with zero attached hydrogens (tertiary/aromatic N) is 5. The highest BCUT2D eigenvalue weighted by atomic mass is 35.5. The van der Waals surface area contributed by atoms with Crippen LogP contribution in [-0.2, 0) is 0 Å². The number of aromatic nitrogens is 3. The van der Waals surface area contributed by atoms with Gasteiger partial charge in [-0.15, -0.1) is 0 Å². The van der Waals surface area contributed by atoms with E-state index < -0.39 is 0 Å². The second-order valence-electron chi connectivity index (χ2n) is 11.2. The van der Waals surface area contributed by atoms with Crippen LogP contribution in [0, 0.1) is 18.8 Å². The molecule has 2 fully saturated rings. The maximum absolute atomic E-state index is 12.7. The van der Waals surface area contributed by atoms with Gasteiger partial charge in [0.2, 0.25) is 0 Å². The molecule has 11 heteroatoms. The molecule has 5 heterocycles. The van der Waals surface area contributed by atoms with E-state index in [4.69, 9.17) is 34.8 Å². The molecule has 1 N–H and O–H groups in total. The van der Waals surface area contributed by atoms with Gasteiger partial charge in [0.1, 0.15) is 11.0 Å². The number of aryl methyl sites for hydroxylation is 1. The van der Waals surface area contributed by atoms with Crippen LogP contribution in [0.2, 0.25) is 15.2 Å². The number of piperidine rings is 2. The Morgan fingerprint density at radius 2 is 1.37 bits per heavy atom. The number of anilines is 2. The molecule has 230 valence electrons. The third-order valence-corrected chi connectivity index (χ3v) is 9.05. The molecule has 2 atom stereocenters. The molecule has 3 aromatic rings. The smallest absolute Gasteiger partial charge is 0.255 e. The van der Waals surface area contributed by atoms with Gasteiger partial charge in [0, 0.05) is 44.3 Å². The summed E-state index contributed by atoms with van der Waals surface area (Å²) in [4.78, 5) is 41.3. The summed E-state index contributed by atoms with van der Waals surface area (Å²) in [6.45, 7) is 9.55. The van der Waals surface area contributed by atoms with Gasteiger partial charge < -0.3 is 15.1 Å². The molecule has 0 aliphatic carbocycles. The van der Waals surface area contributed by atoms with E-state index in [1.54, 1.807) is 24.5 Å². The lowest BCUT2D eigenvalue weighted by atomic mass is 9.95. The molecule has 0 radical (unpaired) electrons. The first-order valence-corrected chi connectivity index (χ1v) is 16.1. The van der Waals surface area contributed by atoms with Gasteiger partial charge in [0.05, 0.1) is 33.1 Å². The molecule has 0 aromatic carbocycles. The molecule has 43 heavy (non-hydrogen) atoms. The third kappa shape index (κ3) is 9.03. The van der Waals surface area contributed by atoms with E-state index in [1.165, 1.54) is 19.0 Å². The van der Waals surface area contributed by atoms with E-state index in [-0.39, 0.29) is 17.0 Å². The number of carbonyl (C=O) groups excluding carboxylic acids is 2. The maximum Gasteiger partial charge on any atom is 0.255 e. The fourth-order valence-electron chi connectivity index (χ4n) is 5.39. The predicted octanol–water partition coefficient (Wildman–Crippen LogP) is 8.09. The average Bonchev–Trinajstić information content (AvgIpc) is 3.04. The fourth-order valence-corrected chi connectivity index (χ4v) is 5.88. The number of pyridine rings is 3. The van der Waals surface area contributed by atoms with Gasteiger partial charge in [-0.2, -0.15) is 0 Å². The number of nitrogens with one attached hydrogen (secondary N) is 1. The summed E-state index contributed by atoms with van der Waals surface area (Å²) in [5.41, 5.74) is 2.80. The van der Waals surface area contributed by atoms with Crippen LogP contribution >= 0.6 is 34.8 Å². The molecule has 2 unspecified atom stereocenters. The molecule has 2 amide bonds. The largest absolute Gasteiger partial charge is 0.338 e. The molecule has 8 nitrogen and oxygen atoms in total. The van der Waals surface area contributed by atoms with Gasteiger partial charge in [-0.25, -0.2) is 9.97 Å². The highest BCUT2D eigenvalue weighted by Gasteiger charge is 2.25. The standard InChI is InChI=1S/C19H23ClN4O.C13H16Cl2N2O/c1-3-14-5-4-8-24(12-14)19(25)15-9-17(20)18(22-10-15)23-16-7-6-13(2)21-11-16;1-2-9-4-3-5-17(8-9)13(18)10-6-11(14)12(15)16-7-10/h6-7,9-11,14H,3-5,8,12H2,1-2H3,(H,22,23);6-7,9H,2-5,8H2,1H3. The Hall–Kier alpha value is -2.94. The Morgan fingerprint density at radius 1 is 0.814 bits per heavy atom. The SMILES string of the molecule is CCC1CCCN(C(=O)c2cnc(Cl)c(Cl)c2)C1.CCC1CCCN(C(=O)c2cnc(Nc3ccc(C)nc3)c(Cl)c2)C1. The molecule has 3 aromatic heterocycles. The lowest BCUT2D eigenvalue weighted by Crippen LogP contribution is -2.39. The van der Waals surface area contributed by atoms with E-state index in [2.05, 4.69) is 34.1 Å². The van der Waals surface area contributed by atoms with Gasteiger partial charge in [-0.3, -0.25) is 14.6 Å². The van der Waals surface area contributed by atoms with Crippen molar-refractivity contribution in [3.63, 3.8) is 0 Å². The maximum atomic E-state index is 12.7. The van der Waals surface area contributed by atoms with Crippen molar-refractivity contribution in [3.8, 4) is 0 Å². The van der Waals surface area contributed by atoms with Crippen molar-refractivity contribution in [1.29, 1.82) is 0 Å². The lowest BCUT2D eigenvalue weighted by Gasteiger charge is -2.32. The summed E-state index contributed by atoms with van der Waals surface area (Å²) >= 11 is 18.0. The fraction of sp³-hybridized carbons (Fsp3) is 0.469. The molecule has 5 rings (SSSR count). The number of rotatable bonds is 6. The Morgan fingerprint density at radius 3 is 1.86 bits per heavy atom. The van der Waals surface area contributed by atoms with Crippen molar-refractivity contribution in [2.24, 2.45) is 11.8 Å². The van der Waals surface area contributed by atoms with Crippen molar-refractivity contribution >= 4 is 58.1 Å². The normalized spacial score (nSPS) is 18.5. The minimum atomic E-state index is -0.000725. The summed E-state index contributed by atoms with van der Waals surface area (Å²) in [6.07, 6.45) is 11.6. The molecule has 2 aliphatic rings. The van der Waals surface area contributed by atoms with Crippen LogP contribution in [0.3, 0.4) is 0 Å². The average molecular weight is 646 g/mol. The van der Waals surface area contributed by atoms with Crippen molar-refractivity contribution < 1.29 is 9.59 Å². The molecular formula is C32H39Cl3N6O2. The molecule has 0 saturated carbocycles. The van der Waals surface area contributed by atoms with Gasteiger partial charge in [-0.1, -0.05) is 61.5 Å². The minimum absolute atomic E-state index is 0.000725. The van der Waals surface area contributed by atoms with Gasteiger partial charge in [0.25, 0.3) is 11.8 Å². The number of carbonyl (C=O) groups is 2. The molecule has 0 bridgehead atoms. The molecular weight excluding hydrogens is 607 g/mol. The monoisotopic (exact) mass is 644 g/mol. The van der Waals surface area contributed by atoms with E-state index in [1.807, 2.05) is 28.9 Å². The number of halogens is 3. The first-order chi connectivity index (χ1) is 20.7. The zero-order valence-corrected chi connectivity index (χ0v) is 27.2. The van der Waals surface area contributed by atoms with E-state index >= 15 is 0 Å². The zero-order chi connectivity index (χ0) is 30.9. The summed E-state index contributed by atoms with van der Waals surface area (Å²) < 4.78 is 0. The topological polar surface area (TPSA) is 91.3 Å². The Bertz CT molecular complexity index is 1400. The Balaban J connectivity index is 0.000000208. The highest BCUT2D eigenvalue weighted by Crippen LogP contribution is 2.27. The number of hydrogen-bond acceptors (Lipinski definition) is 6. The van der Waals surface area contributed by atoms with Crippen molar-refractivity contribution in [3.05, 3.63) is 74.9 Å². The van der Waals surface area contributed by atoms with Crippen molar-refractivity contribution in [2.45, 2.75) is 59.3 Å². The van der Waals surface area contributed by atoms with Crippen molar-refractivity contribution in [1.82, 2.24) is 24.8 Å². The second kappa shape index (κ2) is 15.7. The van der Waals surface area contributed by atoms with Crippen LogP contribution in [-0.4, -0.2) is 62.7 Å².